The number of hydrogen-bond acceptors (Lipinski definition) is 2. The first-order valence-corrected chi connectivity index (χ1v) is 11.4. The number of carbonyl (C=O) groups excluding carboxylic acids is 1. The van der Waals surface area contributed by atoms with Crippen molar-refractivity contribution in [2.24, 2.45) is 5.92 Å². The Kier molecular flexibility index (Phi) is 7.11. The van der Waals surface area contributed by atoms with Gasteiger partial charge in [-0.05, 0) is 0 Å². The summed E-state index contributed by atoms with van der Waals surface area (Å²) in [6.07, 6.45) is 8.97. The third kappa shape index (κ3) is 5.09. The normalized spacial score (nSPS) is 15.7. The molecule has 0 amide bonds. The van der Waals surface area contributed by atoms with E-state index < -0.39 is 0 Å². The number of benzene rings is 2. The Bertz CT molecular complexity index is 746. The molecule has 0 heterocycles. The maximum atomic E-state index is 12.3. The fourth-order valence-corrected chi connectivity index (χ4v) is 5.47. The van der Waals surface area contributed by atoms with Crippen molar-refractivity contribution in [3.05, 3.63) is 71.8 Å². The molecule has 1 aliphatic rings. The summed E-state index contributed by atoms with van der Waals surface area (Å²) in [5.74, 6) is 0.387. The molecule has 136 valence electrons. The van der Waals surface area contributed by atoms with Crippen LogP contribution >= 0.6 is 0 Å². The second kappa shape index (κ2) is 9.75. The van der Waals surface area contributed by atoms with Crippen LogP contribution in [0.4, 0.5) is 0 Å². The van der Waals surface area contributed by atoms with E-state index in [2.05, 4.69) is 42.5 Å². The van der Waals surface area contributed by atoms with Gasteiger partial charge in [-0.25, -0.2) is 0 Å². The summed E-state index contributed by atoms with van der Waals surface area (Å²) in [4.78, 5) is 12.3. The van der Waals surface area contributed by atoms with Crippen molar-refractivity contribution in [3.8, 4) is 0 Å². The van der Waals surface area contributed by atoms with Crippen LogP contribution in [0.5, 0.6) is 0 Å². The van der Waals surface area contributed by atoms with E-state index in [0.717, 1.165) is 10.9 Å². The molecule has 0 aliphatic heterocycles. The molecule has 0 unspecified atom stereocenters. The Hall–Kier alpha value is -1.83. The van der Waals surface area contributed by atoms with Crippen LogP contribution in [0.2, 0.25) is 5.32 Å². The van der Waals surface area contributed by atoms with Crippen molar-refractivity contribution in [2.45, 2.75) is 37.4 Å². The van der Waals surface area contributed by atoms with Crippen molar-refractivity contribution in [3.63, 3.8) is 0 Å². The molecule has 0 aromatic heterocycles. The number of methoxy groups -OCH3 is 1. The Morgan fingerprint density at radius 1 is 1.00 bits per heavy atom. The Morgan fingerprint density at radius 2 is 1.65 bits per heavy atom. The number of hydrogen-bond donors (Lipinski definition) is 0. The number of rotatable bonds is 6. The monoisotopic (exact) mass is 414 g/mol. The first-order chi connectivity index (χ1) is 12.8. The summed E-state index contributed by atoms with van der Waals surface area (Å²) in [5, 5.41) is 1.00. The van der Waals surface area contributed by atoms with Gasteiger partial charge in [-0.1, -0.05) is 0 Å². The SMILES string of the molecule is COC(=O)c1ccccc1/C(=C\C1CCCCC1)C[Se]c1ccccc1. The van der Waals surface area contributed by atoms with Crippen molar-refractivity contribution >= 4 is 31.0 Å². The molecule has 2 nitrogen and oxygen atoms in total. The summed E-state index contributed by atoms with van der Waals surface area (Å²) in [6.45, 7) is 0. The third-order valence-electron chi connectivity index (χ3n) is 4.90. The molecule has 3 rings (SSSR count). The Balaban J connectivity index is 1.90. The Labute approximate surface area is 162 Å². The van der Waals surface area contributed by atoms with Gasteiger partial charge in [0, 0.05) is 0 Å². The Morgan fingerprint density at radius 3 is 2.35 bits per heavy atom. The molecule has 0 N–H and O–H groups in total. The van der Waals surface area contributed by atoms with Crippen molar-refractivity contribution in [2.75, 3.05) is 7.11 Å². The van der Waals surface area contributed by atoms with E-state index >= 15 is 0 Å². The van der Waals surface area contributed by atoms with E-state index in [1.54, 1.807) is 0 Å². The summed E-state index contributed by atoms with van der Waals surface area (Å²) in [5.41, 5.74) is 3.03. The molecule has 0 saturated heterocycles. The van der Waals surface area contributed by atoms with E-state index in [1.807, 2.05) is 18.2 Å². The molecule has 0 spiro atoms. The standard InChI is InChI=1S/C23H26O2Se/c1-25-23(24)22-15-9-8-14-21(22)19(16-18-10-4-2-5-11-18)17-26-20-12-6-3-7-13-20/h3,6-9,12-16,18H,2,4-5,10-11,17H2,1H3/b19-16-. The zero-order valence-corrected chi connectivity index (χ0v) is 17.0. The summed E-state index contributed by atoms with van der Waals surface area (Å²) in [6, 6.07) is 18.5. The van der Waals surface area contributed by atoms with Crippen LogP contribution in [0, 0.1) is 5.92 Å². The van der Waals surface area contributed by atoms with E-state index in [9.17, 15) is 4.79 Å². The van der Waals surface area contributed by atoms with Gasteiger partial charge in [0.25, 0.3) is 0 Å². The van der Waals surface area contributed by atoms with Gasteiger partial charge in [0.1, 0.15) is 0 Å². The van der Waals surface area contributed by atoms with Crippen LogP contribution in [0.15, 0.2) is 60.7 Å². The molecular formula is C23H26O2Se. The van der Waals surface area contributed by atoms with Gasteiger partial charge in [0.2, 0.25) is 0 Å². The third-order valence-corrected chi connectivity index (χ3v) is 7.13. The molecule has 1 fully saturated rings. The van der Waals surface area contributed by atoms with Crippen LogP contribution in [-0.2, 0) is 4.74 Å². The van der Waals surface area contributed by atoms with Gasteiger partial charge in [-0.15, -0.1) is 0 Å². The second-order valence-electron chi connectivity index (χ2n) is 6.73. The fraction of sp³-hybridized carbons (Fsp3) is 0.348. The average Bonchev–Trinajstić information content (AvgIpc) is 2.72. The van der Waals surface area contributed by atoms with Gasteiger partial charge in [0.05, 0.1) is 0 Å². The number of ether oxygens (including phenoxy) is 1. The van der Waals surface area contributed by atoms with Crippen molar-refractivity contribution in [1.82, 2.24) is 0 Å². The number of carbonyl (C=O) groups is 1. The van der Waals surface area contributed by atoms with E-state index in [0.29, 0.717) is 26.4 Å². The molecular weight excluding hydrogens is 387 g/mol. The van der Waals surface area contributed by atoms with E-state index in [4.69, 9.17) is 4.74 Å². The molecule has 2 aromatic rings. The van der Waals surface area contributed by atoms with Gasteiger partial charge < -0.3 is 0 Å². The molecule has 26 heavy (non-hydrogen) atoms. The van der Waals surface area contributed by atoms with Gasteiger partial charge >= 0.3 is 163 Å². The second-order valence-corrected chi connectivity index (χ2v) is 8.93. The van der Waals surface area contributed by atoms with Crippen molar-refractivity contribution in [1.29, 1.82) is 0 Å². The summed E-state index contributed by atoms with van der Waals surface area (Å²) >= 11 is 0.352. The predicted molar refractivity (Wildman–Crippen MR) is 109 cm³/mol. The van der Waals surface area contributed by atoms with Crippen LogP contribution in [0.1, 0.15) is 48.0 Å². The zero-order chi connectivity index (χ0) is 18.2. The minimum atomic E-state index is -0.248. The van der Waals surface area contributed by atoms with Gasteiger partial charge in [0.15, 0.2) is 0 Å². The molecule has 3 heteroatoms. The molecule has 1 saturated carbocycles. The van der Waals surface area contributed by atoms with Crippen LogP contribution in [-0.4, -0.2) is 28.0 Å². The van der Waals surface area contributed by atoms with E-state index in [1.165, 1.54) is 49.2 Å². The topological polar surface area (TPSA) is 26.3 Å². The van der Waals surface area contributed by atoms with Gasteiger partial charge in [-0.2, -0.15) is 0 Å². The van der Waals surface area contributed by atoms with Gasteiger partial charge in [-0.3, -0.25) is 0 Å². The molecule has 2 aromatic carbocycles. The molecule has 0 atom stereocenters. The zero-order valence-electron chi connectivity index (χ0n) is 15.3. The summed E-state index contributed by atoms with van der Waals surface area (Å²) in [7, 11) is 1.46. The first-order valence-electron chi connectivity index (χ1n) is 9.34. The summed E-state index contributed by atoms with van der Waals surface area (Å²) < 4.78 is 6.41. The van der Waals surface area contributed by atoms with Crippen LogP contribution in [0.25, 0.3) is 5.57 Å². The molecule has 1 aliphatic carbocycles. The molecule has 0 radical (unpaired) electrons. The van der Waals surface area contributed by atoms with Crippen LogP contribution in [0.3, 0.4) is 0 Å². The van der Waals surface area contributed by atoms with E-state index in [-0.39, 0.29) is 5.97 Å². The minimum absolute atomic E-state index is 0.248. The number of esters is 1. The maximum absolute atomic E-state index is 12.3. The van der Waals surface area contributed by atoms with Crippen molar-refractivity contribution < 1.29 is 9.53 Å². The molecule has 0 bridgehead atoms. The quantitative estimate of drug-likeness (QED) is 0.498. The van der Waals surface area contributed by atoms with Crippen LogP contribution < -0.4 is 4.46 Å². The first kappa shape index (κ1) is 18.9. The predicted octanol–water partition coefficient (Wildman–Crippen LogP) is 4.88. The number of allylic oxidation sites excluding steroid dienone is 2. The average molecular weight is 413 g/mol. The fourth-order valence-electron chi connectivity index (χ4n) is 3.53.